The molecule has 5 aromatic rings. The third-order valence-electron chi connectivity index (χ3n) is 8.21. The highest BCUT2D eigenvalue weighted by Crippen LogP contribution is 2.43. The van der Waals surface area contributed by atoms with E-state index in [0.717, 1.165) is 40.5 Å². The van der Waals surface area contributed by atoms with Crippen LogP contribution in [0.15, 0.2) is 93.8 Å². The van der Waals surface area contributed by atoms with Crippen LogP contribution in [-0.4, -0.2) is 27.0 Å². The molecule has 7 heteroatoms. The van der Waals surface area contributed by atoms with E-state index in [0.29, 0.717) is 35.4 Å². The number of rotatable bonds is 7. The Labute approximate surface area is 239 Å². The number of hydrogen-bond donors (Lipinski definition) is 0. The molecule has 2 aromatic heterocycles. The van der Waals surface area contributed by atoms with Crippen molar-refractivity contribution in [1.82, 2.24) is 20.4 Å². The molecule has 3 aromatic carbocycles. The lowest BCUT2D eigenvalue weighted by molar-refractivity contribution is 0.228. The van der Waals surface area contributed by atoms with Gasteiger partial charge in [-0.25, -0.2) is 0 Å². The van der Waals surface area contributed by atoms with E-state index in [1.165, 1.54) is 18.4 Å². The minimum absolute atomic E-state index is 0.0886. The quantitative estimate of drug-likeness (QED) is 0.192. The van der Waals surface area contributed by atoms with Gasteiger partial charge in [-0.3, -0.25) is 0 Å². The molecule has 2 aliphatic carbocycles. The minimum Gasteiger partial charge on any atom is -0.493 e. The van der Waals surface area contributed by atoms with Gasteiger partial charge in [-0.1, -0.05) is 45.1 Å². The number of hydrogen-bond acceptors (Lipinski definition) is 7. The highest BCUT2D eigenvalue weighted by Gasteiger charge is 2.35. The fourth-order valence-electron chi connectivity index (χ4n) is 5.76. The van der Waals surface area contributed by atoms with Crippen LogP contribution in [0.2, 0.25) is 0 Å². The van der Waals surface area contributed by atoms with Crippen LogP contribution in [0.3, 0.4) is 0 Å². The van der Waals surface area contributed by atoms with Crippen molar-refractivity contribution in [3.05, 3.63) is 90.5 Å². The Morgan fingerprint density at radius 1 is 0.634 bits per heavy atom. The number of allylic oxidation sites excluding steroid dienone is 2. The largest absolute Gasteiger partial charge is 0.493 e. The van der Waals surface area contributed by atoms with Crippen molar-refractivity contribution in [3.63, 3.8) is 0 Å². The Hall–Kier alpha value is -4.52. The Balaban J connectivity index is 0.998. The summed E-state index contributed by atoms with van der Waals surface area (Å²) in [6.45, 7) is 7.34. The SMILES string of the molecule is CC(C)(C)c1ccc(-c2nnc(-c3ccc(-c4nnc(-c5ccc(OCC6CC7C=CC6C7)cc5)o4)cc3)o2)cc1. The summed E-state index contributed by atoms with van der Waals surface area (Å²) in [6.07, 6.45) is 7.26. The van der Waals surface area contributed by atoms with Gasteiger partial charge < -0.3 is 13.6 Å². The Morgan fingerprint density at radius 2 is 1.10 bits per heavy atom. The summed E-state index contributed by atoms with van der Waals surface area (Å²) in [7, 11) is 0. The number of nitrogens with zero attached hydrogens (tertiary/aromatic N) is 4. The van der Waals surface area contributed by atoms with Crippen molar-refractivity contribution in [2.45, 2.75) is 39.0 Å². The molecule has 0 radical (unpaired) electrons. The van der Waals surface area contributed by atoms with E-state index in [1.807, 2.05) is 60.7 Å². The van der Waals surface area contributed by atoms with Crippen molar-refractivity contribution in [2.75, 3.05) is 6.61 Å². The lowest BCUT2D eigenvalue weighted by Gasteiger charge is -2.18. The summed E-state index contributed by atoms with van der Waals surface area (Å²) in [5.41, 5.74) is 4.71. The van der Waals surface area contributed by atoms with Crippen molar-refractivity contribution in [2.24, 2.45) is 17.8 Å². The lowest BCUT2D eigenvalue weighted by atomic mass is 9.87. The molecule has 7 nitrogen and oxygen atoms in total. The maximum Gasteiger partial charge on any atom is 0.248 e. The second kappa shape index (κ2) is 10.1. The molecule has 2 aliphatic rings. The molecule has 0 amide bonds. The second-order valence-electron chi connectivity index (χ2n) is 12.1. The topological polar surface area (TPSA) is 87.1 Å². The zero-order chi connectivity index (χ0) is 28.0. The minimum atomic E-state index is 0.0886. The smallest absolute Gasteiger partial charge is 0.248 e. The molecule has 206 valence electrons. The molecule has 3 atom stereocenters. The van der Waals surface area contributed by atoms with Crippen LogP contribution in [0, 0.1) is 17.8 Å². The van der Waals surface area contributed by atoms with E-state index in [-0.39, 0.29) is 5.41 Å². The Kier molecular flexibility index (Phi) is 6.30. The van der Waals surface area contributed by atoms with E-state index in [4.69, 9.17) is 13.6 Å². The monoisotopic (exact) mass is 544 g/mol. The summed E-state index contributed by atoms with van der Waals surface area (Å²) in [5, 5.41) is 17.0. The molecule has 2 heterocycles. The zero-order valence-corrected chi connectivity index (χ0v) is 23.4. The van der Waals surface area contributed by atoms with E-state index >= 15 is 0 Å². The molecular weight excluding hydrogens is 512 g/mol. The molecule has 3 unspecified atom stereocenters. The first-order valence-corrected chi connectivity index (χ1v) is 14.2. The first-order chi connectivity index (χ1) is 19.9. The predicted molar refractivity (Wildman–Crippen MR) is 157 cm³/mol. The summed E-state index contributed by atoms with van der Waals surface area (Å²) in [6, 6.07) is 23.8. The molecule has 7 rings (SSSR count). The number of aromatic nitrogens is 4. The van der Waals surface area contributed by atoms with Crippen LogP contribution in [0.5, 0.6) is 5.75 Å². The van der Waals surface area contributed by atoms with Gasteiger partial charge in [0.05, 0.1) is 6.61 Å². The predicted octanol–water partition coefficient (Wildman–Crippen LogP) is 8.01. The van der Waals surface area contributed by atoms with Crippen LogP contribution in [0.1, 0.15) is 39.2 Å². The molecule has 0 saturated heterocycles. The Bertz CT molecular complexity index is 1680. The fraction of sp³-hybridized carbons (Fsp3) is 0.294. The number of fused-ring (bicyclic) bond motifs is 2. The fourth-order valence-corrected chi connectivity index (χ4v) is 5.76. The maximum absolute atomic E-state index is 6.08. The van der Waals surface area contributed by atoms with Gasteiger partial charge in [0.15, 0.2) is 0 Å². The average molecular weight is 545 g/mol. The summed E-state index contributed by atoms with van der Waals surface area (Å²) < 4.78 is 18.0. The van der Waals surface area contributed by atoms with Crippen LogP contribution in [0.4, 0.5) is 0 Å². The van der Waals surface area contributed by atoms with Gasteiger partial charge in [0.1, 0.15) is 5.75 Å². The summed E-state index contributed by atoms with van der Waals surface area (Å²) >= 11 is 0. The van der Waals surface area contributed by atoms with Crippen LogP contribution in [0.25, 0.3) is 45.8 Å². The van der Waals surface area contributed by atoms with Crippen molar-refractivity contribution in [3.8, 4) is 51.6 Å². The number of ether oxygens (including phenoxy) is 1. The van der Waals surface area contributed by atoms with Gasteiger partial charge in [-0.05, 0) is 102 Å². The summed E-state index contributed by atoms with van der Waals surface area (Å²) in [4.78, 5) is 0. The molecule has 0 N–H and O–H groups in total. The molecule has 41 heavy (non-hydrogen) atoms. The highest BCUT2D eigenvalue weighted by molar-refractivity contribution is 5.64. The van der Waals surface area contributed by atoms with Gasteiger partial charge >= 0.3 is 0 Å². The molecule has 1 saturated carbocycles. The summed E-state index contributed by atoms with van der Waals surface area (Å²) in [5.74, 6) is 4.79. The van der Waals surface area contributed by atoms with E-state index in [1.54, 1.807) is 0 Å². The van der Waals surface area contributed by atoms with E-state index < -0.39 is 0 Å². The molecule has 0 spiro atoms. The molecule has 0 aliphatic heterocycles. The normalized spacial score (nSPS) is 19.6. The average Bonchev–Trinajstić information content (AvgIpc) is 3.81. The maximum atomic E-state index is 6.08. The Morgan fingerprint density at radius 3 is 1.51 bits per heavy atom. The van der Waals surface area contributed by atoms with Gasteiger partial charge in [-0.2, -0.15) is 0 Å². The molecule has 2 bridgehead atoms. The van der Waals surface area contributed by atoms with Gasteiger partial charge in [0.2, 0.25) is 23.6 Å². The lowest BCUT2D eigenvalue weighted by Crippen LogP contribution is -2.16. The third kappa shape index (κ3) is 5.20. The second-order valence-corrected chi connectivity index (χ2v) is 12.1. The van der Waals surface area contributed by atoms with Gasteiger partial charge in [0.25, 0.3) is 0 Å². The van der Waals surface area contributed by atoms with Crippen LogP contribution < -0.4 is 4.74 Å². The van der Waals surface area contributed by atoms with Crippen LogP contribution in [-0.2, 0) is 5.41 Å². The molecular formula is C34H32N4O3. The van der Waals surface area contributed by atoms with E-state index in [9.17, 15) is 0 Å². The van der Waals surface area contributed by atoms with Crippen LogP contribution >= 0.6 is 0 Å². The zero-order valence-electron chi connectivity index (χ0n) is 23.4. The van der Waals surface area contributed by atoms with Crippen molar-refractivity contribution < 1.29 is 13.6 Å². The highest BCUT2D eigenvalue weighted by atomic mass is 16.5. The van der Waals surface area contributed by atoms with Crippen molar-refractivity contribution in [1.29, 1.82) is 0 Å². The van der Waals surface area contributed by atoms with E-state index in [2.05, 4.69) is 65.5 Å². The first kappa shape index (κ1) is 25.4. The van der Waals surface area contributed by atoms with Gasteiger partial charge in [-0.15, -0.1) is 20.4 Å². The number of benzene rings is 3. The van der Waals surface area contributed by atoms with Crippen molar-refractivity contribution >= 4 is 0 Å². The standard InChI is InChI=1S/C34H32N4O3/c1-34(2,3)28-14-10-24(11-15-28)32-37-35-30(40-32)22-6-8-23(9-7-22)31-36-38-33(41-31)25-12-16-29(17-13-25)39-20-27-19-21-4-5-26(27)18-21/h4-17,21,26-27H,18-20H2,1-3H3. The molecule has 1 fully saturated rings. The third-order valence-corrected chi connectivity index (χ3v) is 8.21. The first-order valence-electron chi connectivity index (χ1n) is 14.2. The van der Waals surface area contributed by atoms with Gasteiger partial charge in [0, 0.05) is 22.3 Å².